The van der Waals surface area contributed by atoms with Crippen molar-refractivity contribution in [3.63, 3.8) is 0 Å². The highest BCUT2D eigenvalue weighted by atomic mass is 32.2. The topological polar surface area (TPSA) is 102 Å². The molecule has 2 aromatic rings. The fourth-order valence-electron chi connectivity index (χ4n) is 4.30. The van der Waals surface area contributed by atoms with Gasteiger partial charge in [-0.1, -0.05) is 60.7 Å². The van der Waals surface area contributed by atoms with Gasteiger partial charge in [0.2, 0.25) is 17.5 Å². The Kier molecular flexibility index (Phi) is 6.48. The Morgan fingerprint density at radius 2 is 1.76 bits per heavy atom. The largest absolute Gasteiger partial charge is 0.458 e. The first-order chi connectivity index (χ1) is 15.7. The molecule has 3 N–H and O–H groups in total. The number of benzene rings is 2. The zero-order valence-corrected chi connectivity index (χ0v) is 20.3. The maximum atomic E-state index is 13.7. The van der Waals surface area contributed by atoms with Crippen LogP contribution in [0.25, 0.3) is 0 Å². The van der Waals surface area contributed by atoms with Crippen LogP contribution in [-0.4, -0.2) is 50.0 Å². The standard InChI is InChI=1S/C24H27N3O4S2/c1-23(2)24(27-20(29)18(32-3)21(27)33-23,22(30)31-14-15-10-6-4-7-11-15)26-19(28)17(25)16-12-8-5-9-13-16/h4-13,17-18,21H,14,25H2,1-3H3,(H,26,28)/t17?,18-,21-,24+/m1/s1. The Morgan fingerprint density at radius 1 is 1.15 bits per heavy atom. The molecule has 2 aromatic carbocycles. The van der Waals surface area contributed by atoms with Crippen molar-refractivity contribution < 1.29 is 19.1 Å². The highest BCUT2D eigenvalue weighted by Gasteiger charge is 2.74. The van der Waals surface area contributed by atoms with Crippen molar-refractivity contribution >= 4 is 41.3 Å². The Balaban J connectivity index is 1.67. The second-order valence-electron chi connectivity index (χ2n) is 8.53. The number of rotatable bonds is 7. The number of amides is 2. The molecule has 0 aromatic heterocycles. The number of β-lactam (4-membered cyclic amide) rings is 1. The molecule has 2 aliphatic heterocycles. The van der Waals surface area contributed by atoms with E-state index in [4.69, 9.17) is 10.5 Å². The summed E-state index contributed by atoms with van der Waals surface area (Å²) in [5, 5.41) is 2.33. The zero-order chi connectivity index (χ0) is 23.8. The summed E-state index contributed by atoms with van der Waals surface area (Å²) in [6.07, 6.45) is 1.87. The first-order valence-corrected chi connectivity index (χ1v) is 12.8. The monoisotopic (exact) mass is 485 g/mol. The van der Waals surface area contributed by atoms with E-state index in [-0.39, 0.29) is 23.1 Å². The number of esters is 1. The minimum absolute atomic E-state index is 0.0292. The molecule has 0 aliphatic carbocycles. The summed E-state index contributed by atoms with van der Waals surface area (Å²) in [6.45, 7) is 3.72. The van der Waals surface area contributed by atoms with Crippen LogP contribution in [0.3, 0.4) is 0 Å². The molecule has 0 bridgehead atoms. The van der Waals surface area contributed by atoms with Gasteiger partial charge < -0.3 is 15.8 Å². The summed E-state index contributed by atoms with van der Waals surface area (Å²) in [6, 6.07) is 17.2. The van der Waals surface area contributed by atoms with E-state index in [1.54, 1.807) is 24.3 Å². The molecular weight excluding hydrogens is 458 g/mol. The number of fused-ring (bicyclic) bond motifs is 1. The van der Waals surface area contributed by atoms with Gasteiger partial charge in [-0.25, -0.2) is 4.79 Å². The number of thioether (sulfide) groups is 2. The third kappa shape index (κ3) is 3.92. The van der Waals surface area contributed by atoms with E-state index in [1.165, 1.54) is 28.4 Å². The van der Waals surface area contributed by atoms with E-state index in [2.05, 4.69) is 5.32 Å². The molecule has 2 fully saturated rings. The van der Waals surface area contributed by atoms with Crippen LogP contribution < -0.4 is 11.1 Å². The number of nitrogens with two attached hydrogens (primary N) is 1. The molecule has 7 nitrogen and oxygen atoms in total. The summed E-state index contributed by atoms with van der Waals surface area (Å²) >= 11 is 2.93. The molecule has 33 heavy (non-hydrogen) atoms. The second-order valence-corrected chi connectivity index (χ2v) is 11.3. The molecule has 4 atom stereocenters. The van der Waals surface area contributed by atoms with Crippen molar-refractivity contribution in [2.75, 3.05) is 6.26 Å². The van der Waals surface area contributed by atoms with Gasteiger partial charge in [-0.2, -0.15) is 0 Å². The lowest BCUT2D eigenvalue weighted by atomic mass is 9.89. The fourth-order valence-corrected chi connectivity index (χ4v) is 7.09. The van der Waals surface area contributed by atoms with E-state index in [0.29, 0.717) is 5.56 Å². The first kappa shape index (κ1) is 23.7. The van der Waals surface area contributed by atoms with Crippen LogP contribution in [0.15, 0.2) is 60.7 Å². The van der Waals surface area contributed by atoms with Crippen molar-refractivity contribution in [2.45, 2.75) is 47.5 Å². The smallest absolute Gasteiger partial charge is 0.355 e. The number of hydrogen-bond donors (Lipinski definition) is 2. The summed E-state index contributed by atoms with van der Waals surface area (Å²) in [7, 11) is 0. The minimum atomic E-state index is -1.68. The van der Waals surface area contributed by atoms with E-state index in [1.807, 2.05) is 56.5 Å². The SMILES string of the molecule is CS[C@@H]1C(=O)N2[C@@H]1SC(C)(C)[C@]2(NC(=O)C(N)c1ccccc1)C(=O)OCc1ccccc1. The number of carbonyl (C=O) groups excluding carboxylic acids is 3. The molecule has 2 heterocycles. The summed E-state index contributed by atoms with van der Waals surface area (Å²) in [4.78, 5) is 41.6. The van der Waals surface area contributed by atoms with Gasteiger partial charge >= 0.3 is 5.97 Å². The Labute approximate surface area is 201 Å². The molecule has 2 saturated heterocycles. The van der Waals surface area contributed by atoms with E-state index >= 15 is 0 Å². The van der Waals surface area contributed by atoms with Gasteiger partial charge in [0, 0.05) is 0 Å². The molecule has 2 amide bonds. The predicted octanol–water partition coefficient (Wildman–Crippen LogP) is 2.67. The van der Waals surface area contributed by atoms with Crippen molar-refractivity contribution in [1.29, 1.82) is 0 Å². The lowest BCUT2D eigenvalue weighted by Crippen LogP contribution is -2.78. The average Bonchev–Trinajstić information content (AvgIpc) is 3.02. The average molecular weight is 486 g/mol. The van der Waals surface area contributed by atoms with Gasteiger partial charge in [0.15, 0.2) is 0 Å². The maximum absolute atomic E-state index is 13.7. The highest BCUT2D eigenvalue weighted by Crippen LogP contribution is 2.58. The Hall–Kier alpha value is -2.49. The van der Waals surface area contributed by atoms with E-state index < -0.39 is 28.3 Å². The van der Waals surface area contributed by atoms with Crippen molar-refractivity contribution in [3.05, 3.63) is 71.8 Å². The van der Waals surface area contributed by atoms with Crippen LogP contribution in [0.1, 0.15) is 31.0 Å². The second kappa shape index (κ2) is 9.04. The third-order valence-electron chi connectivity index (χ3n) is 6.15. The molecule has 1 unspecified atom stereocenters. The summed E-state index contributed by atoms with van der Waals surface area (Å²) < 4.78 is 4.85. The zero-order valence-electron chi connectivity index (χ0n) is 18.7. The molecule has 2 aliphatic rings. The number of nitrogens with zero attached hydrogens (tertiary/aromatic N) is 1. The normalized spacial score (nSPS) is 26.2. The number of hydrogen-bond acceptors (Lipinski definition) is 7. The van der Waals surface area contributed by atoms with Crippen LogP contribution >= 0.6 is 23.5 Å². The number of nitrogens with one attached hydrogen (secondary N) is 1. The summed E-state index contributed by atoms with van der Waals surface area (Å²) in [5.74, 6) is -1.42. The lowest BCUT2D eigenvalue weighted by Gasteiger charge is -2.50. The van der Waals surface area contributed by atoms with Gasteiger partial charge in [-0.15, -0.1) is 23.5 Å². The van der Waals surface area contributed by atoms with E-state index in [0.717, 1.165) is 5.56 Å². The fraction of sp³-hybridized carbons (Fsp3) is 0.375. The predicted molar refractivity (Wildman–Crippen MR) is 130 cm³/mol. The van der Waals surface area contributed by atoms with Gasteiger partial charge in [-0.3, -0.25) is 14.5 Å². The maximum Gasteiger partial charge on any atom is 0.355 e. The molecule has 4 rings (SSSR count). The number of carbonyl (C=O) groups is 3. The van der Waals surface area contributed by atoms with Gasteiger partial charge in [0.05, 0.1) is 4.75 Å². The van der Waals surface area contributed by atoms with Crippen LogP contribution in [-0.2, 0) is 25.7 Å². The van der Waals surface area contributed by atoms with E-state index in [9.17, 15) is 14.4 Å². The van der Waals surface area contributed by atoms with Crippen molar-refractivity contribution in [1.82, 2.24) is 10.2 Å². The third-order valence-corrected chi connectivity index (χ3v) is 8.90. The van der Waals surface area contributed by atoms with Crippen LogP contribution in [0, 0.1) is 0 Å². The molecule has 0 spiro atoms. The molecular formula is C24H27N3O4S2. The van der Waals surface area contributed by atoms with Crippen LogP contribution in [0.5, 0.6) is 0 Å². The summed E-state index contributed by atoms with van der Waals surface area (Å²) in [5.41, 5.74) is 5.98. The Bertz CT molecular complexity index is 1050. The molecule has 174 valence electrons. The Morgan fingerprint density at radius 3 is 2.36 bits per heavy atom. The minimum Gasteiger partial charge on any atom is -0.458 e. The quantitative estimate of drug-likeness (QED) is 0.459. The number of ether oxygens (including phenoxy) is 1. The van der Waals surface area contributed by atoms with Crippen molar-refractivity contribution in [2.24, 2.45) is 5.73 Å². The van der Waals surface area contributed by atoms with Gasteiger partial charge in [0.1, 0.15) is 23.3 Å². The van der Waals surface area contributed by atoms with Crippen LogP contribution in [0.4, 0.5) is 0 Å². The molecule has 0 saturated carbocycles. The van der Waals surface area contributed by atoms with Crippen LogP contribution in [0.2, 0.25) is 0 Å². The first-order valence-electron chi connectivity index (χ1n) is 10.6. The molecule has 9 heteroatoms. The lowest BCUT2D eigenvalue weighted by molar-refractivity contribution is -0.178. The van der Waals surface area contributed by atoms with Gasteiger partial charge in [0.25, 0.3) is 0 Å². The van der Waals surface area contributed by atoms with Gasteiger partial charge in [-0.05, 0) is 31.2 Å². The van der Waals surface area contributed by atoms with Crippen molar-refractivity contribution in [3.8, 4) is 0 Å². The molecule has 0 radical (unpaired) electrons. The highest BCUT2D eigenvalue weighted by molar-refractivity contribution is 8.05.